The van der Waals surface area contributed by atoms with Crippen molar-refractivity contribution in [3.05, 3.63) is 63.1 Å². The van der Waals surface area contributed by atoms with E-state index in [1.54, 1.807) is 0 Å². The van der Waals surface area contributed by atoms with Crippen LogP contribution in [0.15, 0.2) is 63.1 Å². The van der Waals surface area contributed by atoms with Gasteiger partial charge in [0, 0.05) is 0 Å². The standard InChI is InChI=1S/C12H14O6/c1-5-14-9-18-11(13)10(15-6-2)12(16-7-3)17-8-4/h5-8H,1-4,9H2. The second-order valence-corrected chi connectivity index (χ2v) is 2.35. The van der Waals surface area contributed by atoms with E-state index in [0.29, 0.717) is 0 Å². The zero-order valence-electron chi connectivity index (χ0n) is 9.79. The Labute approximate surface area is 105 Å². The van der Waals surface area contributed by atoms with Crippen molar-refractivity contribution in [2.75, 3.05) is 6.79 Å². The number of hydrogen-bond donors (Lipinski definition) is 0. The molecular weight excluding hydrogens is 240 g/mol. The number of carbonyl (C=O) groups excluding carboxylic acids is 1. The Morgan fingerprint density at radius 2 is 1.44 bits per heavy atom. The number of hydrogen-bond acceptors (Lipinski definition) is 6. The predicted molar refractivity (Wildman–Crippen MR) is 63.1 cm³/mol. The maximum absolute atomic E-state index is 11.6. The second-order valence-electron chi connectivity index (χ2n) is 2.35. The van der Waals surface area contributed by atoms with Gasteiger partial charge >= 0.3 is 11.9 Å². The topological polar surface area (TPSA) is 63.2 Å². The molecular formula is C12H14O6. The second kappa shape index (κ2) is 9.59. The molecule has 0 unspecified atom stereocenters. The van der Waals surface area contributed by atoms with Crippen LogP contribution >= 0.6 is 0 Å². The molecule has 0 bridgehead atoms. The van der Waals surface area contributed by atoms with Crippen LogP contribution in [0, 0.1) is 0 Å². The molecule has 0 aliphatic rings. The van der Waals surface area contributed by atoms with E-state index in [0.717, 1.165) is 25.0 Å². The van der Waals surface area contributed by atoms with Crippen molar-refractivity contribution in [2.24, 2.45) is 0 Å². The first-order valence-electron chi connectivity index (χ1n) is 4.67. The molecule has 0 atom stereocenters. The Kier molecular flexibility index (Phi) is 8.19. The molecule has 0 saturated carbocycles. The van der Waals surface area contributed by atoms with Gasteiger partial charge in [-0.15, -0.1) is 0 Å². The van der Waals surface area contributed by atoms with Gasteiger partial charge in [-0.05, 0) is 0 Å². The fourth-order valence-corrected chi connectivity index (χ4v) is 0.750. The third-order valence-corrected chi connectivity index (χ3v) is 1.33. The van der Waals surface area contributed by atoms with Crippen molar-refractivity contribution in [3.8, 4) is 0 Å². The SMILES string of the molecule is C=COCOC(=O)C(OC=C)=C(OC=C)OC=C. The van der Waals surface area contributed by atoms with E-state index in [-0.39, 0.29) is 18.5 Å². The molecule has 0 aliphatic heterocycles. The lowest BCUT2D eigenvalue weighted by molar-refractivity contribution is -0.151. The Balaban J connectivity index is 4.95. The summed E-state index contributed by atoms with van der Waals surface area (Å²) in [6.07, 6.45) is 4.20. The minimum atomic E-state index is -0.879. The third-order valence-electron chi connectivity index (χ3n) is 1.33. The largest absolute Gasteiger partial charge is 0.466 e. The highest BCUT2D eigenvalue weighted by molar-refractivity contribution is 5.86. The van der Waals surface area contributed by atoms with Crippen LogP contribution in [0.25, 0.3) is 0 Å². The van der Waals surface area contributed by atoms with Gasteiger partial charge in [-0.1, -0.05) is 26.3 Å². The van der Waals surface area contributed by atoms with Crippen LogP contribution in [-0.4, -0.2) is 12.8 Å². The van der Waals surface area contributed by atoms with Crippen molar-refractivity contribution in [2.45, 2.75) is 0 Å². The molecule has 0 heterocycles. The Hall–Kier alpha value is -2.63. The molecule has 0 spiro atoms. The number of ether oxygens (including phenoxy) is 5. The van der Waals surface area contributed by atoms with E-state index in [2.05, 4.69) is 35.8 Å². The normalized spacial score (nSPS) is 8.22. The summed E-state index contributed by atoms with van der Waals surface area (Å²) >= 11 is 0. The van der Waals surface area contributed by atoms with Crippen LogP contribution in [0.4, 0.5) is 0 Å². The van der Waals surface area contributed by atoms with Gasteiger partial charge in [0.15, 0.2) is 0 Å². The number of rotatable bonds is 10. The van der Waals surface area contributed by atoms with Crippen molar-refractivity contribution in [3.63, 3.8) is 0 Å². The minimum Gasteiger partial charge on any atom is -0.466 e. The van der Waals surface area contributed by atoms with Gasteiger partial charge in [0.25, 0.3) is 5.76 Å². The van der Waals surface area contributed by atoms with Gasteiger partial charge in [0.1, 0.15) is 0 Å². The molecule has 0 N–H and O–H groups in total. The summed E-state index contributed by atoms with van der Waals surface area (Å²) in [6.45, 7) is 12.9. The minimum absolute atomic E-state index is 0.288. The van der Waals surface area contributed by atoms with Gasteiger partial charge in [-0.25, -0.2) is 4.79 Å². The molecule has 18 heavy (non-hydrogen) atoms. The maximum atomic E-state index is 11.6. The molecule has 0 aromatic rings. The van der Waals surface area contributed by atoms with Crippen LogP contribution < -0.4 is 0 Å². The lowest BCUT2D eigenvalue weighted by Crippen LogP contribution is -2.14. The first-order valence-corrected chi connectivity index (χ1v) is 4.67. The lowest BCUT2D eigenvalue weighted by atomic mass is 10.5. The fraction of sp³-hybridized carbons (Fsp3) is 0.0833. The predicted octanol–water partition coefficient (Wildman–Crippen LogP) is 2.30. The molecule has 98 valence electrons. The molecule has 0 fully saturated rings. The van der Waals surface area contributed by atoms with Crippen LogP contribution in [0.5, 0.6) is 0 Å². The highest BCUT2D eigenvalue weighted by Gasteiger charge is 2.21. The molecule has 6 heteroatoms. The summed E-state index contributed by atoms with van der Waals surface area (Å²) in [5.41, 5.74) is 0. The summed E-state index contributed by atoms with van der Waals surface area (Å²) in [6, 6.07) is 0. The molecule has 0 saturated heterocycles. The van der Waals surface area contributed by atoms with Gasteiger partial charge < -0.3 is 23.7 Å². The zero-order chi connectivity index (χ0) is 13.8. The zero-order valence-corrected chi connectivity index (χ0v) is 9.79. The summed E-state index contributed by atoms with van der Waals surface area (Å²) in [5, 5.41) is 0. The molecule has 0 rings (SSSR count). The van der Waals surface area contributed by atoms with Crippen molar-refractivity contribution >= 4 is 5.97 Å². The smallest absolute Gasteiger partial charge is 0.384 e. The van der Waals surface area contributed by atoms with Crippen LogP contribution in [0.1, 0.15) is 0 Å². The van der Waals surface area contributed by atoms with Crippen molar-refractivity contribution < 1.29 is 28.5 Å². The fourth-order valence-electron chi connectivity index (χ4n) is 0.750. The quantitative estimate of drug-likeness (QED) is 0.196. The summed E-state index contributed by atoms with van der Waals surface area (Å²) < 4.78 is 23.8. The molecule has 0 aromatic carbocycles. The monoisotopic (exact) mass is 254 g/mol. The summed E-state index contributed by atoms with van der Waals surface area (Å²) in [7, 11) is 0. The molecule has 0 radical (unpaired) electrons. The Bertz CT molecular complexity index is 344. The van der Waals surface area contributed by atoms with E-state index < -0.39 is 5.97 Å². The van der Waals surface area contributed by atoms with Crippen LogP contribution in [0.2, 0.25) is 0 Å². The van der Waals surface area contributed by atoms with E-state index in [4.69, 9.17) is 14.2 Å². The summed E-state index contributed by atoms with van der Waals surface area (Å²) in [5.74, 6) is -1.53. The lowest BCUT2D eigenvalue weighted by Gasteiger charge is -2.10. The molecule has 0 aliphatic carbocycles. The average molecular weight is 254 g/mol. The molecule has 0 amide bonds. The molecule has 0 aromatic heterocycles. The van der Waals surface area contributed by atoms with Crippen molar-refractivity contribution in [1.29, 1.82) is 0 Å². The van der Waals surface area contributed by atoms with Gasteiger partial charge in [-0.2, -0.15) is 0 Å². The average Bonchev–Trinajstić information content (AvgIpc) is 2.36. The number of carbonyl (C=O) groups is 1. The van der Waals surface area contributed by atoms with Gasteiger partial charge in [0.05, 0.1) is 25.0 Å². The third kappa shape index (κ3) is 5.45. The number of esters is 1. The van der Waals surface area contributed by atoms with Gasteiger partial charge in [-0.3, -0.25) is 0 Å². The van der Waals surface area contributed by atoms with Crippen LogP contribution in [0.3, 0.4) is 0 Å². The van der Waals surface area contributed by atoms with Crippen LogP contribution in [-0.2, 0) is 28.5 Å². The van der Waals surface area contributed by atoms with E-state index >= 15 is 0 Å². The summed E-state index contributed by atoms with van der Waals surface area (Å²) in [4.78, 5) is 11.6. The van der Waals surface area contributed by atoms with Gasteiger partial charge in [0.2, 0.25) is 6.79 Å². The van der Waals surface area contributed by atoms with Crippen molar-refractivity contribution in [1.82, 2.24) is 0 Å². The molecule has 6 nitrogen and oxygen atoms in total. The first kappa shape index (κ1) is 15.4. The highest BCUT2D eigenvalue weighted by atomic mass is 16.7. The van der Waals surface area contributed by atoms with E-state index in [1.165, 1.54) is 0 Å². The Morgan fingerprint density at radius 1 is 0.889 bits per heavy atom. The first-order chi connectivity index (χ1) is 8.71. The highest BCUT2D eigenvalue weighted by Crippen LogP contribution is 2.13. The van der Waals surface area contributed by atoms with E-state index in [9.17, 15) is 4.79 Å². The Morgan fingerprint density at radius 3 is 1.89 bits per heavy atom. The maximum Gasteiger partial charge on any atom is 0.384 e. The van der Waals surface area contributed by atoms with E-state index in [1.807, 2.05) is 0 Å².